The van der Waals surface area contributed by atoms with Crippen molar-refractivity contribution in [3.05, 3.63) is 35.4 Å². The normalized spacial score (nSPS) is 12.8. The van der Waals surface area contributed by atoms with Crippen LogP contribution in [0.5, 0.6) is 0 Å². The summed E-state index contributed by atoms with van der Waals surface area (Å²) in [5.74, 6) is 2.29. The van der Waals surface area contributed by atoms with Crippen molar-refractivity contribution in [3.8, 4) is 0 Å². The highest BCUT2D eigenvalue weighted by molar-refractivity contribution is 7.98. The van der Waals surface area contributed by atoms with Crippen LogP contribution in [0, 0.1) is 6.92 Å². The second kappa shape index (κ2) is 6.10. The molecule has 0 aromatic heterocycles. The third-order valence-corrected chi connectivity index (χ3v) is 3.49. The first-order chi connectivity index (χ1) is 6.72. The zero-order chi connectivity index (χ0) is 10.4. The SMILES string of the molecule is CNC(C)CSCc1cccc(C)c1. The Bertz CT molecular complexity index is 273. The lowest BCUT2D eigenvalue weighted by Crippen LogP contribution is -2.23. The number of thioether (sulfide) groups is 1. The van der Waals surface area contributed by atoms with E-state index in [1.54, 1.807) is 0 Å². The summed E-state index contributed by atoms with van der Waals surface area (Å²) in [7, 11) is 2.01. The van der Waals surface area contributed by atoms with Gasteiger partial charge in [0.05, 0.1) is 0 Å². The molecule has 2 heteroatoms. The summed E-state index contributed by atoms with van der Waals surface area (Å²) >= 11 is 1.99. The van der Waals surface area contributed by atoms with Crippen LogP contribution in [0.1, 0.15) is 18.1 Å². The first-order valence-corrected chi connectivity index (χ1v) is 6.18. The predicted octanol–water partition coefficient (Wildman–Crippen LogP) is 2.84. The summed E-state index contributed by atoms with van der Waals surface area (Å²) in [6.45, 7) is 4.35. The molecule has 0 heterocycles. The molecular weight excluding hydrogens is 190 g/mol. The Morgan fingerprint density at radius 3 is 2.86 bits per heavy atom. The molecule has 1 nitrogen and oxygen atoms in total. The largest absolute Gasteiger partial charge is 0.316 e. The van der Waals surface area contributed by atoms with Gasteiger partial charge in [0.15, 0.2) is 0 Å². The van der Waals surface area contributed by atoms with Gasteiger partial charge in [-0.3, -0.25) is 0 Å². The minimum atomic E-state index is 0.602. The Kier molecular flexibility index (Phi) is 5.05. The fraction of sp³-hybridized carbons (Fsp3) is 0.500. The molecule has 78 valence electrons. The average Bonchev–Trinajstić information content (AvgIpc) is 2.17. The number of hydrogen-bond donors (Lipinski definition) is 1. The van der Waals surface area contributed by atoms with Gasteiger partial charge in [0.2, 0.25) is 0 Å². The Hall–Kier alpha value is -0.470. The molecule has 0 saturated heterocycles. The van der Waals surface area contributed by atoms with Crippen molar-refractivity contribution in [2.24, 2.45) is 0 Å². The first-order valence-electron chi connectivity index (χ1n) is 5.03. The zero-order valence-corrected chi connectivity index (χ0v) is 10.0. The second-order valence-electron chi connectivity index (χ2n) is 3.69. The van der Waals surface area contributed by atoms with Crippen LogP contribution in [0.4, 0.5) is 0 Å². The van der Waals surface area contributed by atoms with Crippen LogP contribution >= 0.6 is 11.8 Å². The van der Waals surface area contributed by atoms with E-state index in [0.717, 1.165) is 5.75 Å². The van der Waals surface area contributed by atoms with E-state index < -0.39 is 0 Å². The quantitative estimate of drug-likeness (QED) is 0.800. The van der Waals surface area contributed by atoms with Crippen molar-refractivity contribution in [1.82, 2.24) is 5.32 Å². The fourth-order valence-corrected chi connectivity index (χ4v) is 2.29. The Morgan fingerprint density at radius 2 is 2.21 bits per heavy atom. The molecule has 1 rings (SSSR count). The van der Waals surface area contributed by atoms with Gasteiger partial charge in [-0.15, -0.1) is 0 Å². The van der Waals surface area contributed by atoms with Crippen LogP contribution in [0.25, 0.3) is 0 Å². The molecule has 1 N–H and O–H groups in total. The molecule has 1 aromatic rings. The van der Waals surface area contributed by atoms with Crippen molar-refractivity contribution in [1.29, 1.82) is 0 Å². The van der Waals surface area contributed by atoms with E-state index in [0.29, 0.717) is 6.04 Å². The van der Waals surface area contributed by atoms with Gasteiger partial charge in [0.25, 0.3) is 0 Å². The number of aryl methyl sites for hydroxylation is 1. The summed E-state index contributed by atoms with van der Waals surface area (Å²) in [5.41, 5.74) is 2.78. The Balaban J connectivity index is 2.31. The van der Waals surface area contributed by atoms with Crippen LogP contribution in [0.2, 0.25) is 0 Å². The minimum absolute atomic E-state index is 0.602. The van der Waals surface area contributed by atoms with Crippen molar-refractivity contribution in [2.75, 3.05) is 12.8 Å². The van der Waals surface area contributed by atoms with Gasteiger partial charge < -0.3 is 5.32 Å². The van der Waals surface area contributed by atoms with Crippen molar-refractivity contribution in [2.45, 2.75) is 25.6 Å². The predicted molar refractivity (Wildman–Crippen MR) is 65.9 cm³/mol. The highest BCUT2D eigenvalue weighted by Crippen LogP contribution is 2.14. The van der Waals surface area contributed by atoms with Crippen LogP contribution in [0.15, 0.2) is 24.3 Å². The lowest BCUT2D eigenvalue weighted by molar-refractivity contribution is 0.677. The summed E-state index contributed by atoms with van der Waals surface area (Å²) < 4.78 is 0. The van der Waals surface area contributed by atoms with E-state index in [9.17, 15) is 0 Å². The maximum Gasteiger partial charge on any atom is 0.0185 e. The van der Waals surface area contributed by atoms with Crippen LogP contribution < -0.4 is 5.32 Å². The smallest absolute Gasteiger partial charge is 0.0185 e. The second-order valence-corrected chi connectivity index (χ2v) is 4.72. The maximum atomic E-state index is 3.24. The zero-order valence-electron chi connectivity index (χ0n) is 9.21. The van der Waals surface area contributed by atoms with E-state index in [4.69, 9.17) is 0 Å². The summed E-state index contributed by atoms with van der Waals surface area (Å²) in [4.78, 5) is 0. The van der Waals surface area contributed by atoms with Gasteiger partial charge >= 0.3 is 0 Å². The first kappa shape index (κ1) is 11.6. The molecule has 0 radical (unpaired) electrons. The van der Waals surface area contributed by atoms with E-state index in [2.05, 4.69) is 43.4 Å². The van der Waals surface area contributed by atoms with Gasteiger partial charge in [0, 0.05) is 17.5 Å². The minimum Gasteiger partial charge on any atom is -0.316 e. The maximum absolute atomic E-state index is 3.24. The molecule has 0 bridgehead atoms. The van der Waals surface area contributed by atoms with E-state index in [1.165, 1.54) is 16.9 Å². The summed E-state index contributed by atoms with van der Waals surface area (Å²) in [6.07, 6.45) is 0. The molecule has 14 heavy (non-hydrogen) atoms. The van der Waals surface area contributed by atoms with Gasteiger partial charge in [-0.05, 0) is 26.5 Å². The highest BCUT2D eigenvalue weighted by Gasteiger charge is 1.98. The molecule has 0 fully saturated rings. The molecular formula is C12H19NS. The lowest BCUT2D eigenvalue weighted by Gasteiger charge is -2.09. The molecule has 1 aromatic carbocycles. The fourth-order valence-electron chi connectivity index (χ4n) is 1.24. The third-order valence-electron chi connectivity index (χ3n) is 2.21. The third kappa shape index (κ3) is 4.16. The molecule has 0 aliphatic heterocycles. The van der Waals surface area contributed by atoms with Crippen LogP contribution in [-0.4, -0.2) is 18.8 Å². The lowest BCUT2D eigenvalue weighted by atomic mass is 10.2. The highest BCUT2D eigenvalue weighted by atomic mass is 32.2. The van der Waals surface area contributed by atoms with Gasteiger partial charge in [-0.1, -0.05) is 29.8 Å². The Morgan fingerprint density at radius 1 is 1.43 bits per heavy atom. The van der Waals surface area contributed by atoms with Crippen molar-refractivity contribution in [3.63, 3.8) is 0 Å². The van der Waals surface area contributed by atoms with Gasteiger partial charge in [-0.25, -0.2) is 0 Å². The summed E-state index contributed by atoms with van der Waals surface area (Å²) in [6, 6.07) is 9.34. The number of rotatable bonds is 5. The van der Waals surface area contributed by atoms with Gasteiger partial charge in [0.1, 0.15) is 0 Å². The van der Waals surface area contributed by atoms with Crippen molar-refractivity contribution >= 4 is 11.8 Å². The molecule has 0 spiro atoms. The molecule has 0 aliphatic carbocycles. The van der Waals surface area contributed by atoms with E-state index >= 15 is 0 Å². The molecule has 0 aliphatic rings. The van der Waals surface area contributed by atoms with Crippen LogP contribution in [-0.2, 0) is 5.75 Å². The molecule has 1 unspecified atom stereocenters. The Labute approximate surface area is 91.3 Å². The summed E-state index contributed by atoms with van der Waals surface area (Å²) in [5, 5.41) is 3.24. The number of hydrogen-bond acceptors (Lipinski definition) is 2. The van der Waals surface area contributed by atoms with E-state index in [-0.39, 0.29) is 0 Å². The number of nitrogens with one attached hydrogen (secondary N) is 1. The molecule has 1 atom stereocenters. The standard InChI is InChI=1S/C12H19NS/c1-10-5-4-6-12(7-10)9-14-8-11(2)13-3/h4-7,11,13H,8-9H2,1-3H3. The number of benzene rings is 1. The van der Waals surface area contributed by atoms with Gasteiger partial charge in [-0.2, -0.15) is 11.8 Å². The molecule has 0 amide bonds. The molecule has 0 saturated carbocycles. The average molecular weight is 209 g/mol. The van der Waals surface area contributed by atoms with Crippen LogP contribution in [0.3, 0.4) is 0 Å². The van der Waals surface area contributed by atoms with E-state index in [1.807, 2.05) is 18.8 Å². The topological polar surface area (TPSA) is 12.0 Å². The monoisotopic (exact) mass is 209 g/mol. The van der Waals surface area contributed by atoms with Crippen molar-refractivity contribution < 1.29 is 0 Å².